The Morgan fingerprint density at radius 1 is 0.306 bits per heavy atom. The maximum atomic E-state index is 12.6. The molecule has 4 aromatic carbocycles. The molecule has 0 aliphatic heterocycles. The van der Waals surface area contributed by atoms with Crippen LogP contribution in [0.2, 0.25) is 0 Å². The zero-order chi connectivity index (χ0) is 98.7. The number of hydrogen-bond donors (Lipinski definition) is 4. The fourth-order valence-corrected chi connectivity index (χ4v) is 18.0. The molecule has 0 radical (unpaired) electrons. The van der Waals surface area contributed by atoms with Crippen LogP contribution in [0.3, 0.4) is 0 Å². The van der Waals surface area contributed by atoms with Gasteiger partial charge in [-0.1, -0.05) is 142 Å². The first kappa shape index (κ1) is 141. The molecule has 0 aliphatic rings. The van der Waals surface area contributed by atoms with Crippen molar-refractivity contribution in [2.24, 2.45) is 0 Å². The molecule has 0 heterocycles. The first-order valence-corrected chi connectivity index (χ1v) is 73.4. The van der Waals surface area contributed by atoms with Gasteiger partial charge in [-0.25, -0.2) is 0 Å². The summed E-state index contributed by atoms with van der Waals surface area (Å²) in [5, 5.41) is 26.9. The molecule has 2 atom stereocenters. The van der Waals surface area contributed by atoms with E-state index in [1.807, 2.05) is 169 Å². The third kappa shape index (κ3) is 139. The van der Waals surface area contributed by atoms with Gasteiger partial charge >= 0.3 is 0 Å². The Labute approximate surface area is 752 Å². The van der Waals surface area contributed by atoms with E-state index in [9.17, 15) is 59.3 Å². The van der Waals surface area contributed by atoms with Crippen molar-refractivity contribution in [1.82, 2.24) is 0 Å². The number of aliphatic hydroxyl groups excluding tert-OH is 3. The van der Waals surface area contributed by atoms with Gasteiger partial charge in [0.1, 0.15) is 7.14 Å². The summed E-state index contributed by atoms with van der Waals surface area (Å²) in [6.45, 7) is 55.9. The number of benzene rings is 4. The molecule has 0 amide bonds. The lowest BCUT2D eigenvalue weighted by molar-refractivity contribution is 0.0715. The molecule has 124 heavy (non-hydrogen) atoms. The first-order chi connectivity index (χ1) is 56.4. The maximum Gasteiger partial charge on any atom is 0.201 e. The normalized spacial score (nSPS) is 12.6. The van der Waals surface area contributed by atoms with Gasteiger partial charge in [0.15, 0.2) is 51.6 Å². The average molecular weight is 2020 g/mol. The lowest BCUT2D eigenvalue weighted by Gasteiger charge is -2.13. The molecule has 2 unspecified atom stereocenters. The molecule has 29 nitrogen and oxygen atoms in total. The topological polar surface area (TPSA) is 414 Å². The number of unbranched alkanes of at least 4 members (excludes halogenated alkanes) is 1. The van der Waals surface area contributed by atoms with E-state index in [0.717, 1.165) is 41.0 Å². The zero-order valence-corrected chi connectivity index (χ0v) is 93.2. The van der Waals surface area contributed by atoms with Gasteiger partial charge in [-0.3, -0.25) is 36.5 Å². The Kier molecular flexibility index (Phi) is 91.8. The number of aliphatic hydroxyl groups is 3. The van der Waals surface area contributed by atoms with E-state index in [0.29, 0.717) is 117 Å². The van der Waals surface area contributed by atoms with Crippen LogP contribution in [-0.2, 0) is 127 Å². The minimum atomic E-state index is -2.89. The van der Waals surface area contributed by atoms with Gasteiger partial charge in [-0.05, 0) is 105 Å². The van der Waals surface area contributed by atoms with Gasteiger partial charge in [-0.15, -0.1) is 0 Å². The Morgan fingerprint density at radius 2 is 0.621 bits per heavy atom. The van der Waals surface area contributed by atoms with Crippen LogP contribution in [-0.4, -0.2) is 331 Å². The van der Waals surface area contributed by atoms with Crippen LogP contribution in [0.25, 0.3) is 0 Å². The number of hydrogen-bond acceptors (Lipinski definition) is 28. The molecule has 0 saturated heterocycles. The minimum absolute atomic E-state index is 0.00983. The van der Waals surface area contributed by atoms with Crippen molar-refractivity contribution in [3.8, 4) is 0 Å². The van der Waals surface area contributed by atoms with Crippen molar-refractivity contribution >= 4 is 105 Å². The highest BCUT2D eigenvalue weighted by Crippen LogP contribution is 2.46. The quantitative estimate of drug-likeness (QED) is 0.0236. The molecule has 0 aromatic heterocycles. The molecule has 42 heteroatoms. The van der Waals surface area contributed by atoms with Gasteiger partial charge in [0.05, 0.1) is 121 Å². The molecule has 4 N–H and O–H groups in total. The van der Waals surface area contributed by atoms with E-state index < -0.39 is 94.7 Å². The number of rotatable bonds is 42. The summed E-state index contributed by atoms with van der Waals surface area (Å²) in [7, 11) is -23.8. The lowest BCUT2D eigenvalue weighted by atomic mass is 10.2. The smallest absolute Gasteiger partial charge is 0.201 e. The van der Waals surface area contributed by atoms with Crippen LogP contribution >= 0.6 is 94.7 Å². The summed E-state index contributed by atoms with van der Waals surface area (Å²) < 4.78 is 202. The molecule has 4 rings (SSSR count). The third-order valence-electron chi connectivity index (χ3n) is 12.7. The Morgan fingerprint density at radius 3 is 0.863 bits per heavy atom. The van der Waals surface area contributed by atoms with Gasteiger partial charge in [-0.2, -0.15) is 0 Å². The maximum absolute atomic E-state index is 12.6. The van der Waals surface area contributed by atoms with E-state index in [4.69, 9.17) is 75.6 Å². The Bertz CT molecular complexity index is 3670. The van der Waals surface area contributed by atoms with Gasteiger partial charge in [0, 0.05) is 189 Å². The van der Waals surface area contributed by atoms with Crippen molar-refractivity contribution in [3.63, 3.8) is 0 Å². The van der Waals surface area contributed by atoms with Crippen molar-refractivity contribution < 1.29 is 135 Å². The highest BCUT2D eigenvalue weighted by molar-refractivity contribution is 7.78. The second-order valence-electron chi connectivity index (χ2n) is 31.7. The standard InChI is InChI=1S/C13H13OP.C11H17O2P.C8H11O2P.C6H15O4P.C6H15O3P.C6H15O2P.2C5H13O3P.3C5H13O2P.C4H11O2P.C3H9OP/c1-15(14,12-8-4-2-5-9-12)13-10-6-3-7-11-13;1-13-8-9-14(2,12)10-11-6-4-3-5-7-11;1-11(9,10)7-8-5-3-2-4-6-8;1-11(2,8)10-6-5-9-4-3-7;1-4-8-5-6-9-10(2,3)7;1-4-5-6-8-9(2,3)7;1-7-4-5-8-9(2,3)6;1-9(8,4-2-6)5-3-7;1-7-4-5-8(2,3)6;1-5(2)7-8(3,4)6;1-4-5-7-8(2,3)6;1-4-6-7(2,3)5;1-5(2,3)4/h2-11H,1H3;3-7H,8-10H2,1-2H3;2-6H,7H2,1H3,(H,9,10);7H,3-6H2,1-2H3;4-6H2,1-3H3;4-6H2,1-3H3;4-5H2,1-3H3;6-7H,2-5H2,1H3;4-5H2,1-3H3;5H,1-4H3;4-5H2,1-3H3;4H2,1-3H3;1-3H3. The molecular formula is C82H171O29P13. The summed E-state index contributed by atoms with van der Waals surface area (Å²) in [4.78, 5) is 9.03. The highest BCUT2D eigenvalue weighted by atomic mass is 31.2. The average Bonchev–Trinajstić information content (AvgIpc) is 0.813. The molecule has 4 aromatic rings. The van der Waals surface area contributed by atoms with E-state index in [1.165, 1.54) is 6.66 Å². The van der Waals surface area contributed by atoms with Crippen molar-refractivity contribution in [2.75, 3.05) is 305 Å². The van der Waals surface area contributed by atoms with Crippen LogP contribution in [0, 0.1) is 0 Å². The minimum Gasteiger partial charge on any atom is -0.396 e. The second kappa shape index (κ2) is 80.7. The summed E-state index contributed by atoms with van der Waals surface area (Å²) in [6.07, 6.45) is 6.08. The second-order valence-corrected chi connectivity index (χ2v) is 70.5. The van der Waals surface area contributed by atoms with Crippen LogP contribution in [0.4, 0.5) is 0 Å². The van der Waals surface area contributed by atoms with Crippen LogP contribution < -0.4 is 10.6 Å². The van der Waals surface area contributed by atoms with E-state index in [1.54, 1.807) is 155 Å². The fraction of sp³-hybridized carbons (Fsp3) is 0.707. The Hall–Kier alpha value is -0.770. The predicted octanol–water partition coefficient (Wildman–Crippen LogP) is 21.1. The van der Waals surface area contributed by atoms with Crippen molar-refractivity contribution in [2.45, 2.75) is 79.2 Å². The van der Waals surface area contributed by atoms with Gasteiger partial charge < -0.3 is 98.4 Å². The molecule has 0 fully saturated rings. The van der Waals surface area contributed by atoms with Crippen LogP contribution in [0.1, 0.15) is 71.9 Å². The monoisotopic (exact) mass is 2020 g/mol. The number of methoxy groups -OCH3 is 3. The first-order valence-electron chi connectivity index (χ1n) is 40.5. The largest absolute Gasteiger partial charge is 0.396 e. The van der Waals surface area contributed by atoms with E-state index in [2.05, 4.69) is 6.92 Å². The summed E-state index contributed by atoms with van der Waals surface area (Å²) in [5.74, 6) is 0. The van der Waals surface area contributed by atoms with E-state index in [-0.39, 0.29) is 32.1 Å². The van der Waals surface area contributed by atoms with Crippen molar-refractivity contribution in [3.05, 3.63) is 132 Å². The SMILES string of the molecule is CC(C)OP(C)(C)=O.CCCCOP(C)(C)=O.CCCOP(C)(C)=O.CCOCCOP(C)(C)=O.CCOP(C)(C)=O.COCCOP(C)(C)=O.COCCP(C)(=O)Cc1ccccc1.COCCP(C)(C)=O.CP(=O)(CCO)CCO.CP(=O)(O)Cc1ccccc1.CP(=O)(c1ccccc1)c1ccccc1.CP(C)(=O)OCCOCCO.CP(C)(C)=O. The van der Waals surface area contributed by atoms with Gasteiger partial charge in [0.25, 0.3) is 0 Å². The molecule has 0 saturated carbocycles. The molecular weight excluding hydrogens is 1850 g/mol. The summed E-state index contributed by atoms with van der Waals surface area (Å²) in [5.41, 5.74) is 2.07. The van der Waals surface area contributed by atoms with Crippen LogP contribution in [0.15, 0.2) is 121 Å². The fourth-order valence-electron chi connectivity index (χ4n) is 7.52. The highest BCUT2D eigenvalue weighted by Gasteiger charge is 2.21. The molecule has 0 bridgehead atoms. The predicted molar refractivity (Wildman–Crippen MR) is 536 cm³/mol. The number of ether oxygens (including phenoxy) is 5. The molecule has 738 valence electrons. The van der Waals surface area contributed by atoms with Crippen molar-refractivity contribution in [1.29, 1.82) is 0 Å². The Balaban J connectivity index is -0.000000166. The zero-order valence-electron chi connectivity index (χ0n) is 81.6. The molecule has 0 aliphatic carbocycles. The third-order valence-corrected chi connectivity index (χ3v) is 27.8. The summed E-state index contributed by atoms with van der Waals surface area (Å²) >= 11 is 0. The summed E-state index contributed by atoms with van der Waals surface area (Å²) in [6, 6.07) is 38.6. The molecule has 0 spiro atoms. The van der Waals surface area contributed by atoms with E-state index >= 15 is 0 Å². The van der Waals surface area contributed by atoms with Crippen LogP contribution in [0.5, 0.6) is 0 Å². The van der Waals surface area contributed by atoms with Gasteiger partial charge in [0.2, 0.25) is 7.37 Å². The lowest BCUT2D eigenvalue weighted by Crippen LogP contribution is -2.14.